The lowest BCUT2D eigenvalue weighted by molar-refractivity contribution is -0.159. The van der Waals surface area contributed by atoms with Crippen molar-refractivity contribution in [3.05, 3.63) is 54.1 Å². The van der Waals surface area contributed by atoms with Gasteiger partial charge in [-0.2, -0.15) is 8.78 Å². The van der Waals surface area contributed by atoms with Gasteiger partial charge in [0.1, 0.15) is 6.10 Å². The quantitative estimate of drug-likeness (QED) is 0.304. The third-order valence-electron chi connectivity index (χ3n) is 6.07. The summed E-state index contributed by atoms with van der Waals surface area (Å²) in [4.78, 5) is 25.6. The van der Waals surface area contributed by atoms with Crippen molar-refractivity contribution in [3.8, 4) is 0 Å². The zero-order valence-corrected chi connectivity index (χ0v) is 20.4. The van der Waals surface area contributed by atoms with Crippen LogP contribution in [0.1, 0.15) is 50.4 Å². The fourth-order valence-corrected chi connectivity index (χ4v) is 4.80. The molecule has 2 aromatic rings. The van der Waals surface area contributed by atoms with Gasteiger partial charge in [-0.1, -0.05) is 51.1 Å². The van der Waals surface area contributed by atoms with E-state index in [2.05, 4.69) is 26.1 Å². The molecule has 0 radical (unpaired) electrons. The number of esters is 2. The normalized spacial score (nSPS) is 20.3. The molecule has 0 unspecified atom stereocenters. The van der Waals surface area contributed by atoms with E-state index >= 15 is 0 Å². The fourth-order valence-electron chi connectivity index (χ4n) is 4.30. The number of para-hydroxylation sites is 1. The summed E-state index contributed by atoms with van der Waals surface area (Å²) in [5, 5.41) is 3.10. The molecule has 34 heavy (non-hydrogen) atoms. The predicted octanol–water partition coefficient (Wildman–Crippen LogP) is 6.91. The average molecular weight is 492 g/mol. The van der Waals surface area contributed by atoms with E-state index in [1.807, 2.05) is 0 Å². The molecule has 0 aliphatic heterocycles. The molecule has 3 atom stereocenters. The third-order valence-corrected chi connectivity index (χ3v) is 6.79. The predicted molar refractivity (Wildman–Crippen MR) is 130 cm³/mol. The van der Waals surface area contributed by atoms with Crippen LogP contribution in [-0.2, 0) is 14.3 Å². The third kappa shape index (κ3) is 7.45. The van der Waals surface area contributed by atoms with Gasteiger partial charge in [-0.15, -0.1) is 0 Å². The van der Waals surface area contributed by atoms with E-state index in [0.29, 0.717) is 45.8 Å². The maximum absolute atomic E-state index is 12.7. The lowest BCUT2D eigenvalue weighted by Gasteiger charge is -2.36. The van der Waals surface area contributed by atoms with Crippen LogP contribution in [0.3, 0.4) is 0 Å². The Kier molecular flexibility index (Phi) is 9.33. The van der Waals surface area contributed by atoms with E-state index in [1.54, 1.807) is 48.5 Å². The first-order valence-corrected chi connectivity index (χ1v) is 12.4. The van der Waals surface area contributed by atoms with E-state index in [9.17, 15) is 18.4 Å². The van der Waals surface area contributed by atoms with Crippen molar-refractivity contribution in [2.24, 2.45) is 17.8 Å². The second-order valence-corrected chi connectivity index (χ2v) is 10.1. The molecule has 1 fully saturated rings. The number of nitrogens with one attached hydrogen (secondary N) is 1. The Labute approximate surface area is 203 Å². The van der Waals surface area contributed by atoms with Crippen molar-refractivity contribution in [2.45, 2.75) is 56.8 Å². The number of rotatable bonds is 9. The van der Waals surface area contributed by atoms with Crippen LogP contribution in [0.15, 0.2) is 53.4 Å². The molecule has 1 aliphatic carbocycles. The fraction of sp³-hybridized carbons (Fsp3) is 0.462. The lowest BCUT2D eigenvalue weighted by Crippen LogP contribution is -2.36. The number of thioether (sulfide) groups is 1. The Bertz CT molecular complexity index is 968. The van der Waals surface area contributed by atoms with Crippen molar-refractivity contribution < 1.29 is 27.8 Å². The Morgan fingerprint density at radius 2 is 1.79 bits per heavy atom. The van der Waals surface area contributed by atoms with Gasteiger partial charge < -0.3 is 14.8 Å². The van der Waals surface area contributed by atoms with Gasteiger partial charge in [-0.3, -0.25) is 0 Å². The van der Waals surface area contributed by atoms with Gasteiger partial charge in [-0.25, -0.2) is 9.59 Å². The summed E-state index contributed by atoms with van der Waals surface area (Å²) in [6.07, 6.45) is 2.82. The Morgan fingerprint density at radius 3 is 2.47 bits per heavy atom. The van der Waals surface area contributed by atoms with Crippen molar-refractivity contribution in [1.29, 1.82) is 0 Å². The van der Waals surface area contributed by atoms with Gasteiger partial charge in [0.05, 0.1) is 11.3 Å². The van der Waals surface area contributed by atoms with Gasteiger partial charge in [0, 0.05) is 10.6 Å². The Hall–Kier alpha value is -2.61. The summed E-state index contributed by atoms with van der Waals surface area (Å²) in [6.45, 7) is 5.97. The molecular formula is C26H31F2NO4S. The Morgan fingerprint density at radius 1 is 1.09 bits per heavy atom. The summed E-state index contributed by atoms with van der Waals surface area (Å²) in [5.41, 5.74) is 1.37. The van der Waals surface area contributed by atoms with Crippen LogP contribution in [0.2, 0.25) is 0 Å². The SMILES string of the molecule is CC(C)[C@H]1CC[C@H](C)C[C@H]1OC(=O)COC(=O)c1ccccc1Nc1ccc(SC(F)F)cc1. The van der Waals surface area contributed by atoms with E-state index in [0.717, 1.165) is 19.3 Å². The number of ether oxygens (including phenoxy) is 2. The van der Waals surface area contributed by atoms with Crippen molar-refractivity contribution in [2.75, 3.05) is 11.9 Å². The second kappa shape index (κ2) is 12.2. The summed E-state index contributed by atoms with van der Waals surface area (Å²) < 4.78 is 36.0. The topological polar surface area (TPSA) is 64.6 Å². The zero-order valence-electron chi connectivity index (χ0n) is 19.6. The minimum Gasteiger partial charge on any atom is -0.460 e. The minimum absolute atomic E-state index is 0.157. The highest BCUT2D eigenvalue weighted by atomic mass is 32.2. The van der Waals surface area contributed by atoms with E-state index < -0.39 is 24.3 Å². The molecule has 0 amide bonds. The molecular weight excluding hydrogens is 460 g/mol. The average Bonchev–Trinajstić information content (AvgIpc) is 2.78. The van der Waals surface area contributed by atoms with Gasteiger partial charge in [-0.05, 0) is 67.0 Å². The van der Waals surface area contributed by atoms with Crippen LogP contribution < -0.4 is 5.32 Å². The standard InChI is InChI=1S/C26H31F2NO4S/c1-16(2)20-13-8-17(3)14-23(20)33-24(30)15-32-25(31)21-6-4-5-7-22(21)29-18-9-11-19(12-10-18)34-26(27)28/h4-7,9-12,16-17,20,23,26,29H,8,13-15H2,1-3H3/t17-,20+,23+/m0/s1. The number of carbonyl (C=O) groups is 2. The number of alkyl halides is 2. The number of benzene rings is 2. The summed E-state index contributed by atoms with van der Waals surface area (Å²) >= 11 is 0.466. The van der Waals surface area contributed by atoms with Crippen LogP contribution in [0.4, 0.5) is 20.2 Å². The smallest absolute Gasteiger partial charge is 0.344 e. The number of hydrogen-bond donors (Lipinski definition) is 1. The molecule has 184 valence electrons. The van der Waals surface area contributed by atoms with E-state index in [1.165, 1.54) is 0 Å². The minimum atomic E-state index is -2.49. The van der Waals surface area contributed by atoms with Crippen LogP contribution >= 0.6 is 11.8 Å². The van der Waals surface area contributed by atoms with Crippen molar-refractivity contribution in [3.63, 3.8) is 0 Å². The van der Waals surface area contributed by atoms with Gasteiger partial charge >= 0.3 is 11.9 Å². The molecule has 1 aliphatic rings. The van der Waals surface area contributed by atoms with Crippen LogP contribution in [-0.4, -0.2) is 30.4 Å². The number of anilines is 2. The molecule has 0 spiro atoms. The molecule has 0 bridgehead atoms. The van der Waals surface area contributed by atoms with Gasteiger partial charge in [0.25, 0.3) is 5.76 Å². The molecule has 1 saturated carbocycles. The molecule has 3 rings (SSSR count). The maximum Gasteiger partial charge on any atom is 0.344 e. The second-order valence-electron chi connectivity index (χ2n) is 9.00. The molecule has 0 aromatic heterocycles. The number of halogens is 2. The highest BCUT2D eigenvalue weighted by Crippen LogP contribution is 2.35. The van der Waals surface area contributed by atoms with Gasteiger partial charge in [0.2, 0.25) is 0 Å². The highest BCUT2D eigenvalue weighted by molar-refractivity contribution is 7.99. The summed E-state index contributed by atoms with van der Waals surface area (Å²) in [5.74, 6) is -2.46. The first kappa shape index (κ1) is 26.0. The van der Waals surface area contributed by atoms with Crippen molar-refractivity contribution >= 4 is 35.1 Å². The molecule has 8 heteroatoms. The summed E-state index contributed by atoms with van der Waals surface area (Å²) in [7, 11) is 0. The van der Waals surface area contributed by atoms with Crippen LogP contribution in [0.25, 0.3) is 0 Å². The Balaban J connectivity index is 1.58. The monoisotopic (exact) mass is 491 g/mol. The molecule has 0 saturated heterocycles. The van der Waals surface area contributed by atoms with Crippen molar-refractivity contribution in [1.82, 2.24) is 0 Å². The maximum atomic E-state index is 12.7. The lowest BCUT2D eigenvalue weighted by atomic mass is 9.75. The molecule has 5 nitrogen and oxygen atoms in total. The first-order chi connectivity index (χ1) is 16.2. The largest absolute Gasteiger partial charge is 0.460 e. The van der Waals surface area contributed by atoms with Gasteiger partial charge in [0.15, 0.2) is 6.61 Å². The number of hydrogen-bond acceptors (Lipinski definition) is 6. The first-order valence-electron chi connectivity index (χ1n) is 11.5. The van der Waals surface area contributed by atoms with E-state index in [4.69, 9.17) is 9.47 Å². The summed E-state index contributed by atoms with van der Waals surface area (Å²) in [6, 6.07) is 13.2. The molecule has 2 aromatic carbocycles. The highest BCUT2D eigenvalue weighted by Gasteiger charge is 2.33. The number of carbonyl (C=O) groups excluding carboxylic acids is 2. The van der Waals surface area contributed by atoms with Crippen LogP contribution in [0.5, 0.6) is 0 Å². The van der Waals surface area contributed by atoms with Crippen LogP contribution in [0, 0.1) is 17.8 Å². The zero-order chi connectivity index (χ0) is 24.7. The van der Waals surface area contributed by atoms with E-state index in [-0.39, 0.29) is 11.7 Å². The molecule has 0 heterocycles. The molecule has 1 N–H and O–H groups in total.